The van der Waals surface area contributed by atoms with Gasteiger partial charge in [-0.15, -0.1) is 0 Å². The van der Waals surface area contributed by atoms with Crippen molar-refractivity contribution in [2.24, 2.45) is 0 Å². The molecule has 0 bridgehead atoms. The Hall–Kier alpha value is -10.0. The minimum atomic E-state index is 0.313. The first kappa shape index (κ1) is 44.3. The summed E-state index contributed by atoms with van der Waals surface area (Å²) in [6.45, 7) is 0. The van der Waals surface area contributed by atoms with Crippen LogP contribution in [-0.2, 0) is 0 Å². The van der Waals surface area contributed by atoms with Crippen molar-refractivity contribution >= 4 is 87.0 Å². The lowest BCUT2D eigenvalue weighted by molar-refractivity contribution is 0.663. The zero-order chi connectivity index (χ0) is 51.3. The first-order valence-electron chi connectivity index (χ1n) is 27.1. The molecule has 1 atom stereocenters. The van der Waals surface area contributed by atoms with E-state index in [9.17, 15) is 0 Å². The largest absolute Gasteiger partial charge is 0.456 e. The summed E-state index contributed by atoms with van der Waals surface area (Å²) in [6.07, 6.45) is 9.93. The highest BCUT2D eigenvalue weighted by atomic mass is 16.3. The van der Waals surface area contributed by atoms with Gasteiger partial charge in [0.2, 0.25) is 0 Å². The smallest absolute Gasteiger partial charge is 0.135 e. The summed E-state index contributed by atoms with van der Waals surface area (Å²) in [5.74, 6) is 0.313. The molecular formula is C76H48O2. The highest BCUT2D eigenvalue weighted by molar-refractivity contribution is 6.29. The Labute approximate surface area is 451 Å². The predicted molar refractivity (Wildman–Crippen MR) is 329 cm³/mol. The fraction of sp³-hybridized carbons (Fsp3) is 0.0263. The van der Waals surface area contributed by atoms with Crippen LogP contribution in [0.15, 0.2) is 282 Å². The van der Waals surface area contributed by atoms with Gasteiger partial charge in [0.1, 0.15) is 22.3 Å². The van der Waals surface area contributed by atoms with Gasteiger partial charge in [-0.1, -0.05) is 224 Å². The summed E-state index contributed by atoms with van der Waals surface area (Å²) >= 11 is 0. The van der Waals surface area contributed by atoms with Gasteiger partial charge in [-0.05, 0) is 170 Å². The third-order valence-corrected chi connectivity index (χ3v) is 16.6. The molecule has 1 aliphatic carbocycles. The maximum atomic E-state index is 7.14. The van der Waals surface area contributed by atoms with Crippen LogP contribution in [0, 0.1) is 0 Å². The molecule has 0 saturated heterocycles. The molecule has 0 fully saturated rings. The van der Waals surface area contributed by atoms with E-state index in [2.05, 4.69) is 273 Å². The maximum absolute atomic E-state index is 7.14. The van der Waals surface area contributed by atoms with Crippen LogP contribution in [0.2, 0.25) is 0 Å². The van der Waals surface area contributed by atoms with Gasteiger partial charge in [0.25, 0.3) is 0 Å². The van der Waals surface area contributed by atoms with Gasteiger partial charge in [-0.2, -0.15) is 0 Å². The Bertz CT molecular complexity index is 4920. The van der Waals surface area contributed by atoms with Crippen LogP contribution in [0.25, 0.3) is 154 Å². The van der Waals surface area contributed by atoms with Gasteiger partial charge in [0, 0.05) is 27.5 Å². The number of allylic oxidation sites excluding steroid dienone is 4. The van der Waals surface area contributed by atoms with Crippen LogP contribution in [-0.4, -0.2) is 0 Å². The van der Waals surface area contributed by atoms with Crippen molar-refractivity contribution in [1.82, 2.24) is 0 Å². The molecule has 0 amide bonds. The minimum absolute atomic E-state index is 0.313. The number of hydrogen-bond acceptors (Lipinski definition) is 2. The quantitative estimate of drug-likeness (QED) is 0.159. The zero-order valence-electron chi connectivity index (χ0n) is 42.6. The van der Waals surface area contributed by atoms with Gasteiger partial charge >= 0.3 is 0 Å². The second kappa shape index (κ2) is 17.8. The molecule has 2 heteroatoms. The van der Waals surface area contributed by atoms with Crippen molar-refractivity contribution in [3.63, 3.8) is 0 Å². The third-order valence-electron chi connectivity index (χ3n) is 16.6. The third kappa shape index (κ3) is 7.11. The lowest BCUT2D eigenvalue weighted by Crippen LogP contribution is -1.98. The topological polar surface area (TPSA) is 26.3 Å². The molecule has 1 unspecified atom stereocenters. The number of benzene rings is 13. The molecule has 2 nitrogen and oxygen atoms in total. The molecule has 78 heavy (non-hydrogen) atoms. The van der Waals surface area contributed by atoms with E-state index < -0.39 is 0 Å². The summed E-state index contributed by atoms with van der Waals surface area (Å²) in [7, 11) is 0. The van der Waals surface area contributed by atoms with Crippen molar-refractivity contribution in [1.29, 1.82) is 0 Å². The van der Waals surface area contributed by atoms with Crippen LogP contribution in [0.5, 0.6) is 0 Å². The molecule has 16 rings (SSSR count). The van der Waals surface area contributed by atoms with Crippen LogP contribution in [0.3, 0.4) is 0 Å². The molecule has 364 valence electrons. The Morgan fingerprint density at radius 3 is 0.987 bits per heavy atom. The number of rotatable bonds is 7. The molecule has 13 aromatic carbocycles. The summed E-state index contributed by atoms with van der Waals surface area (Å²) in [5, 5.41) is 13.7. The van der Waals surface area contributed by atoms with Crippen molar-refractivity contribution in [3.05, 3.63) is 279 Å². The highest BCUT2D eigenvalue weighted by Gasteiger charge is 2.22. The van der Waals surface area contributed by atoms with Gasteiger partial charge < -0.3 is 8.83 Å². The van der Waals surface area contributed by atoms with Gasteiger partial charge in [0.05, 0.1) is 0 Å². The fourth-order valence-corrected chi connectivity index (χ4v) is 13.0. The lowest BCUT2D eigenvalue weighted by Gasteiger charge is -2.18. The second-order valence-electron chi connectivity index (χ2n) is 21.0. The molecule has 0 aliphatic heterocycles. The second-order valence-corrected chi connectivity index (χ2v) is 21.0. The molecule has 2 aromatic heterocycles. The van der Waals surface area contributed by atoms with E-state index in [4.69, 9.17) is 8.83 Å². The molecule has 0 saturated carbocycles. The van der Waals surface area contributed by atoms with E-state index in [0.717, 1.165) is 99.3 Å². The van der Waals surface area contributed by atoms with Gasteiger partial charge in [-0.25, -0.2) is 0 Å². The average molecular weight is 993 g/mol. The van der Waals surface area contributed by atoms with E-state index >= 15 is 0 Å². The highest BCUT2D eigenvalue weighted by Crippen LogP contribution is 2.47. The first-order chi connectivity index (χ1) is 38.7. The van der Waals surface area contributed by atoms with Gasteiger partial charge in [0.15, 0.2) is 0 Å². The summed E-state index contributed by atoms with van der Waals surface area (Å²) in [4.78, 5) is 0. The maximum Gasteiger partial charge on any atom is 0.135 e. The summed E-state index contributed by atoms with van der Waals surface area (Å²) in [5.41, 5.74) is 18.9. The van der Waals surface area contributed by atoms with E-state index in [1.807, 2.05) is 0 Å². The SMILES string of the molecule is C1=CCC(c2cc(-c3ccccc3)cc(-c3ccc4oc5ccc(-c6ccc7oc8ccc(-c9cc(-c%10ccccc%10)cc(-c%10ccccc%10)c9)c9cccc(c%10cccc6c7%10)c89)c6cccc(c7cccc3c47)c56)c2)C=C1. The Morgan fingerprint density at radius 2 is 0.590 bits per heavy atom. The van der Waals surface area contributed by atoms with E-state index in [-0.39, 0.29) is 0 Å². The lowest BCUT2D eigenvalue weighted by atomic mass is 9.86. The molecule has 0 radical (unpaired) electrons. The molecule has 2 heterocycles. The predicted octanol–water partition coefficient (Wildman–Crippen LogP) is 21.7. The fourth-order valence-electron chi connectivity index (χ4n) is 13.0. The van der Waals surface area contributed by atoms with Crippen molar-refractivity contribution in [2.45, 2.75) is 12.3 Å². The summed E-state index contributed by atoms with van der Waals surface area (Å²) < 4.78 is 14.3. The monoisotopic (exact) mass is 992 g/mol. The number of fused-ring (bicyclic) bond motifs is 2. The van der Waals surface area contributed by atoms with Crippen LogP contribution in [0.1, 0.15) is 17.9 Å². The van der Waals surface area contributed by atoms with Crippen molar-refractivity contribution < 1.29 is 8.83 Å². The molecular weight excluding hydrogens is 945 g/mol. The van der Waals surface area contributed by atoms with Crippen LogP contribution < -0.4 is 0 Å². The first-order valence-corrected chi connectivity index (χ1v) is 27.1. The molecule has 15 aromatic rings. The minimum Gasteiger partial charge on any atom is -0.456 e. The van der Waals surface area contributed by atoms with Crippen molar-refractivity contribution in [3.8, 4) is 66.8 Å². The van der Waals surface area contributed by atoms with Crippen LogP contribution >= 0.6 is 0 Å². The molecule has 1 aliphatic rings. The van der Waals surface area contributed by atoms with E-state index in [1.54, 1.807) is 0 Å². The molecule has 0 spiro atoms. The van der Waals surface area contributed by atoms with E-state index in [1.165, 1.54) is 66.4 Å². The van der Waals surface area contributed by atoms with Gasteiger partial charge in [-0.3, -0.25) is 0 Å². The summed E-state index contributed by atoms with van der Waals surface area (Å²) in [6, 6.07) is 91.0. The zero-order valence-corrected chi connectivity index (χ0v) is 42.6. The van der Waals surface area contributed by atoms with Crippen molar-refractivity contribution in [2.75, 3.05) is 0 Å². The Balaban J connectivity index is 0.876. The normalized spacial score (nSPS) is 13.6. The standard InChI is InChI=1S/C76H48O2/c1-5-17-47(18-6-1)51-41-52(48-19-7-2-8-20-48)44-55(43-51)57-33-37-69-73-61(57)25-13-29-65(73)67-31-15-27-63-59(35-39-71(77-69)75(63)67)60-36-40-72-76-64(60)28-16-32-68(76)66-30-14-26-62-58(34-38-70(78-72)74(62)66)56-45-53(49-21-9-3-10-22-49)42-54(46-56)50-23-11-4-12-24-50/h1-23,25-46,50H,24H2. The Kier molecular flexibility index (Phi) is 10.1. The molecule has 0 N–H and O–H groups in total. The van der Waals surface area contributed by atoms with Crippen LogP contribution in [0.4, 0.5) is 0 Å². The number of hydrogen-bond donors (Lipinski definition) is 0. The average Bonchev–Trinajstić information content (AvgIpc) is 3.96. The van der Waals surface area contributed by atoms with E-state index in [0.29, 0.717) is 5.92 Å². The Morgan fingerprint density at radius 1 is 0.256 bits per heavy atom.